The van der Waals surface area contributed by atoms with Crippen LogP contribution in [0.4, 0.5) is 0 Å². The highest BCUT2D eigenvalue weighted by Crippen LogP contribution is 2.19. The number of nitrogens with two attached hydrogens (primary N) is 1. The predicted molar refractivity (Wildman–Crippen MR) is 79.0 cm³/mol. The molecule has 0 aliphatic heterocycles. The van der Waals surface area contributed by atoms with Crippen LogP contribution in [0.15, 0.2) is 16.4 Å². The molecule has 0 radical (unpaired) electrons. The van der Waals surface area contributed by atoms with Crippen molar-refractivity contribution < 1.29 is 0 Å². The Kier molecular flexibility index (Phi) is 5.05. The van der Waals surface area contributed by atoms with Crippen LogP contribution in [0.25, 0.3) is 0 Å². The summed E-state index contributed by atoms with van der Waals surface area (Å²) in [4.78, 5) is 5.80. The molecular formula is C14H23N3S. The van der Waals surface area contributed by atoms with Gasteiger partial charge in [-0.25, -0.2) is 4.99 Å². The number of aryl methyl sites for hydroxylation is 1. The summed E-state index contributed by atoms with van der Waals surface area (Å²) < 4.78 is 0. The van der Waals surface area contributed by atoms with Crippen LogP contribution in [0.2, 0.25) is 0 Å². The van der Waals surface area contributed by atoms with E-state index in [9.17, 15) is 0 Å². The predicted octanol–water partition coefficient (Wildman–Crippen LogP) is 3.05. The van der Waals surface area contributed by atoms with Gasteiger partial charge in [0.15, 0.2) is 5.96 Å². The van der Waals surface area contributed by atoms with Gasteiger partial charge in [-0.1, -0.05) is 26.2 Å². The molecule has 100 valence electrons. The Hall–Kier alpha value is -1.03. The number of nitrogens with zero attached hydrogens (tertiary/aromatic N) is 1. The third kappa shape index (κ3) is 3.73. The van der Waals surface area contributed by atoms with E-state index in [1.807, 2.05) is 0 Å². The Labute approximate surface area is 114 Å². The van der Waals surface area contributed by atoms with Gasteiger partial charge in [-0.2, -0.15) is 0 Å². The zero-order valence-electron chi connectivity index (χ0n) is 11.1. The lowest BCUT2D eigenvalue weighted by molar-refractivity contribution is 0.412. The van der Waals surface area contributed by atoms with E-state index in [1.165, 1.54) is 42.5 Å². The first-order valence-electron chi connectivity index (χ1n) is 6.91. The highest BCUT2D eigenvalue weighted by atomic mass is 32.1. The highest BCUT2D eigenvalue weighted by molar-refractivity contribution is 7.10. The van der Waals surface area contributed by atoms with Crippen LogP contribution in [0, 0.1) is 0 Å². The summed E-state index contributed by atoms with van der Waals surface area (Å²) in [5, 5.41) is 5.48. The fourth-order valence-electron chi connectivity index (χ4n) is 2.48. The number of nitrogens with one attached hydrogen (secondary N) is 1. The minimum Gasteiger partial charge on any atom is -0.370 e. The maximum atomic E-state index is 5.96. The van der Waals surface area contributed by atoms with Crippen LogP contribution >= 0.6 is 11.3 Å². The summed E-state index contributed by atoms with van der Waals surface area (Å²) in [6.45, 7) is 2.89. The van der Waals surface area contributed by atoms with E-state index in [1.54, 1.807) is 11.3 Å². The lowest BCUT2D eigenvalue weighted by Gasteiger charge is -2.23. The summed E-state index contributed by atoms with van der Waals surface area (Å²) in [5.41, 5.74) is 7.35. The van der Waals surface area contributed by atoms with E-state index < -0.39 is 0 Å². The smallest absolute Gasteiger partial charge is 0.189 e. The fraction of sp³-hybridized carbons (Fsp3) is 0.643. The van der Waals surface area contributed by atoms with E-state index >= 15 is 0 Å². The molecule has 0 amide bonds. The van der Waals surface area contributed by atoms with E-state index in [2.05, 4.69) is 28.7 Å². The van der Waals surface area contributed by atoms with Crippen molar-refractivity contribution in [1.29, 1.82) is 0 Å². The molecule has 0 saturated heterocycles. The number of aliphatic imine (C=N–C) groups is 1. The van der Waals surface area contributed by atoms with Gasteiger partial charge >= 0.3 is 0 Å². The summed E-state index contributed by atoms with van der Waals surface area (Å²) in [5.74, 6) is 0.609. The molecule has 0 spiro atoms. The molecule has 0 bridgehead atoms. The second kappa shape index (κ2) is 6.78. The van der Waals surface area contributed by atoms with Crippen molar-refractivity contribution in [2.75, 3.05) is 0 Å². The van der Waals surface area contributed by atoms with Gasteiger partial charge in [-0.15, -0.1) is 11.3 Å². The van der Waals surface area contributed by atoms with Crippen molar-refractivity contribution in [2.45, 2.75) is 58.0 Å². The van der Waals surface area contributed by atoms with Gasteiger partial charge in [0.1, 0.15) is 0 Å². The molecule has 1 aromatic heterocycles. The average molecular weight is 265 g/mol. The number of guanidine groups is 1. The number of hydrogen-bond acceptors (Lipinski definition) is 2. The first-order chi connectivity index (χ1) is 8.79. The minimum absolute atomic E-state index is 0.538. The third-order valence-corrected chi connectivity index (χ3v) is 4.52. The van der Waals surface area contributed by atoms with E-state index in [4.69, 9.17) is 5.73 Å². The monoisotopic (exact) mass is 265 g/mol. The van der Waals surface area contributed by atoms with Crippen molar-refractivity contribution in [2.24, 2.45) is 10.7 Å². The molecule has 1 heterocycles. The highest BCUT2D eigenvalue weighted by Gasteiger charge is 2.13. The Morgan fingerprint density at radius 3 is 2.94 bits per heavy atom. The molecule has 4 heteroatoms. The molecule has 1 saturated carbocycles. The van der Waals surface area contributed by atoms with Gasteiger partial charge < -0.3 is 11.1 Å². The molecule has 1 aromatic rings. The summed E-state index contributed by atoms with van der Waals surface area (Å²) in [6.07, 6.45) is 7.53. The summed E-state index contributed by atoms with van der Waals surface area (Å²) in [7, 11) is 0. The molecule has 3 nitrogen and oxygen atoms in total. The van der Waals surface area contributed by atoms with Crippen LogP contribution in [0.3, 0.4) is 0 Å². The van der Waals surface area contributed by atoms with E-state index in [0.717, 1.165) is 6.42 Å². The Morgan fingerprint density at radius 2 is 2.22 bits per heavy atom. The standard InChI is InChI=1S/C14H23N3S/c1-2-11-8-9-18-13(11)10-16-14(15)17-12-6-4-3-5-7-12/h8-9,12H,2-7,10H2,1H3,(H3,15,16,17). The maximum absolute atomic E-state index is 5.96. The zero-order chi connectivity index (χ0) is 12.8. The normalized spacial score (nSPS) is 17.9. The van der Waals surface area contributed by atoms with Crippen LogP contribution in [0.1, 0.15) is 49.5 Å². The topological polar surface area (TPSA) is 50.4 Å². The molecule has 18 heavy (non-hydrogen) atoms. The Bertz CT molecular complexity index is 391. The first kappa shape index (κ1) is 13.4. The van der Waals surface area contributed by atoms with Crippen molar-refractivity contribution in [3.8, 4) is 0 Å². The van der Waals surface area contributed by atoms with Crippen molar-refractivity contribution in [3.05, 3.63) is 21.9 Å². The van der Waals surface area contributed by atoms with E-state index in [0.29, 0.717) is 18.5 Å². The van der Waals surface area contributed by atoms with Gasteiger partial charge in [-0.05, 0) is 36.3 Å². The molecule has 0 unspecified atom stereocenters. The number of rotatable bonds is 4. The van der Waals surface area contributed by atoms with Crippen LogP contribution in [-0.2, 0) is 13.0 Å². The van der Waals surface area contributed by atoms with Crippen LogP contribution in [0.5, 0.6) is 0 Å². The zero-order valence-corrected chi connectivity index (χ0v) is 11.9. The first-order valence-corrected chi connectivity index (χ1v) is 7.79. The molecule has 1 aliphatic rings. The van der Waals surface area contributed by atoms with Crippen LogP contribution < -0.4 is 11.1 Å². The SMILES string of the molecule is CCc1ccsc1CN=C(N)NC1CCCCC1. The molecule has 0 aromatic carbocycles. The van der Waals surface area contributed by atoms with Gasteiger partial charge in [-0.3, -0.25) is 0 Å². The molecule has 0 atom stereocenters. The Balaban J connectivity index is 1.84. The number of thiophene rings is 1. The molecule has 3 N–H and O–H groups in total. The minimum atomic E-state index is 0.538. The van der Waals surface area contributed by atoms with Gasteiger partial charge in [0.2, 0.25) is 0 Å². The van der Waals surface area contributed by atoms with Gasteiger partial charge in [0.05, 0.1) is 6.54 Å². The van der Waals surface area contributed by atoms with Gasteiger partial charge in [0.25, 0.3) is 0 Å². The van der Waals surface area contributed by atoms with Crippen molar-refractivity contribution in [1.82, 2.24) is 5.32 Å². The fourth-order valence-corrected chi connectivity index (χ4v) is 3.38. The molecule has 1 fully saturated rings. The average Bonchev–Trinajstić information content (AvgIpc) is 2.85. The molecule has 1 aliphatic carbocycles. The maximum Gasteiger partial charge on any atom is 0.189 e. The Morgan fingerprint density at radius 1 is 1.44 bits per heavy atom. The second-order valence-electron chi connectivity index (χ2n) is 4.90. The second-order valence-corrected chi connectivity index (χ2v) is 5.90. The molecule has 2 rings (SSSR count). The van der Waals surface area contributed by atoms with Crippen molar-refractivity contribution >= 4 is 17.3 Å². The molecular weight excluding hydrogens is 242 g/mol. The lowest BCUT2D eigenvalue weighted by atomic mass is 9.96. The van der Waals surface area contributed by atoms with Gasteiger partial charge in [0, 0.05) is 10.9 Å². The largest absolute Gasteiger partial charge is 0.370 e. The third-order valence-electron chi connectivity index (χ3n) is 3.57. The lowest BCUT2D eigenvalue weighted by Crippen LogP contribution is -2.41. The summed E-state index contributed by atoms with van der Waals surface area (Å²) >= 11 is 1.77. The van der Waals surface area contributed by atoms with Crippen molar-refractivity contribution in [3.63, 3.8) is 0 Å². The summed E-state index contributed by atoms with van der Waals surface area (Å²) in [6, 6.07) is 2.72. The van der Waals surface area contributed by atoms with E-state index in [-0.39, 0.29) is 0 Å². The quantitative estimate of drug-likeness (QED) is 0.649. The van der Waals surface area contributed by atoms with Crippen LogP contribution in [-0.4, -0.2) is 12.0 Å². The number of hydrogen-bond donors (Lipinski definition) is 2.